The molecule has 0 spiro atoms. The van der Waals surface area contributed by atoms with Gasteiger partial charge in [0.05, 0.1) is 5.69 Å². The van der Waals surface area contributed by atoms with E-state index in [1.807, 2.05) is 6.20 Å². The van der Waals surface area contributed by atoms with Gasteiger partial charge in [-0.2, -0.15) is 5.10 Å². The molecule has 1 unspecified atom stereocenters. The van der Waals surface area contributed by atoms with E-state index < -0.39 is 0 Å². The lowest BCUT2D eigenvalue weighted by Crippen LogP contribution is -2.46. The minimum absolute atomic E-state index is 0.202. The first-order valence-corrected chi connectivity index (χ1v) is 6.96. The standard InChI is InChI=1S/C15H17FN4O/c1-3-8-20-12-9-19(2)18-13(12)15(21)17-14(20)10-4-6-11(16)7-5-10/h4-7,9,14H,3,8H2,1-2H3,(H,17,21). The lowest BCUT2D eigenvalue weighted by Gasteiger charge is -2.37. The number of amides is 1. The van der Waals surface area contributed by atoms with Crippen LogP contribution in [0.3, 0.4) is 0 Å². The Morgan fingerprint density at radius 1 is 1.33 bits per heavy atom. The van der Waals surface area contributed by atoms with Crippen molar-refractivity contribution >= 4 is 11.6 Å². The molecule has 1 N–H and O–H groups in total. The van der Waals surface area contributed by atoms with Gasteiger partial charge in [-0.15, -0.1) is 0 Å². The predicted molar refractivity (Wildman–Crippen MR) is 77.5 cm³/mol. The number of rotatable bonds is 3. The molecule has 0 fully saturated rings. The van der Waals surface area contributed by atoms with Crippen molar-refractivity contribution in [3.63, 3.8) is 0 Å². The van der Waals surface area contributed by atoms with Crippen LogP contribution in [0.2, 0.25) is 0 Å². The first-order chi connectivity index (χ1) is 10.1. The van der Waals surface area contributed by atoms with E-state index in [9.17, 15) is 9.18 Å². The van der Waals surface area contributed by atoms with E-state index in [1.54, 1.807) is 23.9 Å². The minimum atomic E-state index is -0.297. The van der Waals surface area contributed by atoms with Crippen LogP contribution in [0.4, 0.5) is 10.1 Å². The predicted octanol–water partition coefficient (Wildman–Crippen LogP) is 2.22. The normalized spacial score (nSPS) is 17.6. The Bertz CT molecular complexity index is 665. The van der Waals surface area contributed by atoms with Gasteiger partial charge in [-0.1, -0.05) is 19.1 Å². The van der Waals surface area contributed by atoms with Crippen molar-refractivity contribution in [2.75, 3.05) is 11.4 Å². The number of nitrogens with one attached hydrogen (secondary N) is 1. The monoisotopic (exact) mass is 288 g/mol. The van der Waals surface area contributed by atoms with Crippen LogP contribution in [0.1, 0.15) is 35.6 Å². The maximum absolute atomic E-state index is 13.1. The van der Waals surface area contributed by atoms with Crippen LogP contribution in [0.25, 0.3) is 0 Å². The molecule has 0 aliphatic carbocycles. The number of hydrogen-bond acceptors (Lipinski definition) is 3. The zero-order valence-corrected chi connectivity index (χ0v) is 12.0. The number of anilines is 1. The van der Waals surface area contributed by atoms with Crippen LogP contribution in [-0.2, 0) is 7.05 Å². The lowest BCUT2D eigenvalue weighted by atomic mass is 10.1. The summed E-state index contributed by atoms with van der Waals surface area (Å²) < 4.78 is 14.7. The Morgan fingerprint density at radius 3 is 2.71 bits per heavy atom. The molecule has 0 saturated carbocycles. The van der Waals surface area contributed by atoms with Gasteiger partial charge < -0.3 is 10.2 Å². The Hall–Kier alpha value is -2.37. The highest BCUT2D eigenvalue weighted by Gasteiger charge is 2.33. The summed E-state index contributed by atoms with van der Waals surface area (Å²) in [5.74, 6) is -0.489. The van der Waals surface area contributed by atoms with Crippen molar-refractivity contribution in [2.45, 2.75) is 19.5 Å². The number of fused-ring (bicyclic) bond motifs is 1. The molecule has 0 bridgehead atoms. The highest BCUT2D eigenvalue weighted by atomic mass is 19.1. The van der Waals surface area contributed by atoms with Crippen molar-refractivity contribution in [3.8, 4) is 0 Å². The third kappa shape index (κ3) is 2.37. The van der Waals surface area contributed by atoms with Crippen LogP contribution >= 0.6 is 0 Å². The molecule has 1 aromatic carbocycles. The Labute approximate surface area is 122 Å². The molecule has 3 rings (SSSR count). The molecule has 0 radical (unpaired) electrons. The van der Waals surface area contributed by atoms with Crippen LogP contribution < -0.4 is 10.2 Å². The molecular formula is C15H17FN4O. The number of hydrogen-bond donors (Lipinski definition) is 1. The van der Waals surface area contributed by atoms with E-state index in [0.717, 1.165) is 24.2 Å². The Morgan fingerprint density at radius 2 is 2.05 bits per heavy atom. The molecule has 1 aromatic heterocycles. The summed E-state index contributed by atoms with van der Waals surface area (Å²) in [5, 5.41) is 7.16. The second-order valence-corrected chi connectivity index (χ2v) is 5.16. The van der Waals surface area contributed by atoms with Crippen LogP contribution in [0.15, 0.2) is 30.5 Å². The first kappa shape index (κ1) is 13.6. The van der Waals surface area contributed by atoms with E-state index in [4.69, 9.17) is 0 Å². The first-order valence-electron chi connectivity index (χ1n) is 6.96. The lowest BCUT2D eigenvalue weighted by molar-refractivity contribution is 0.0920. The number of benzene rings is 1. The maximum atomic E-state index is 13.1. The number of nitrogens with zero attached hydrogens (tertiary/aromatic N) is 3. The summed E-state index contributed by atoms with van der Waals surface area (Å²) >= 11 is 0. The third-order valence-electron chi connectivity index (χ3n) is 3.56. The SMILES string of the molecule is CCCN1c2cn(C)nc2C(=O)NC1c1ccc(F)cc1. The summed E-state index contributed by atoms with van der Waals surface area (Å²) in [5.41, 5.74) is 2.11. The molecule has 1 aliphatic heterocycles. The molecule has 6 heteroatoms. The van der Waals surface area contributed by atoms with Gasteiger partial charge in [-0.25, -0.2) is 4.39 Å². The molecule has 0 saturated heterocycles. The van der Waals surface area contributed by atoms with Gasteiger partial charge in [-0.3, -0.25) is 9.48 Å². The Kier molecular flexibility index (Phi) is 3.37. The minimum Gasteiger partial charge on any atom is -0.344 e. The largest absolute Gasteiger partial charge is 0.344 e. The van der Waals surface area contributed by atoms with E-state index >= 15 is 0 Å². The van der Waals surface area contributed by atoms with Crippen molar-refractivity contribution < 1.29 is 9.18 Å². The maximum Gasteiger partial charge on any atom is 0.275 e. The van der Waals surface area contributed by atoms with Crippen LogP contribution in [0, 0.1) is 5.82 Å². The summed E-state index contributed by atoms with van der Waals surface area (Å²) in [6.07, 6.45) is 2.48. The summed E-state index contributed by atoms with van der Waals surface area (Å²) in [6, 6.07) is 6.21. The van der Waals surface area contributed by atoms with Crippen LogP contribution in [0.5, 0.6) is 0 Å². The fourth-order valence-electron chi connectivity index (χ4n) is 2.66. The van der Waals surface area contributed by atoms with Gasteiger partial charge >= 0.3 is 0 Å². The molecule has 2 heterocycles. The van der Waals surface area contributed by atoms with Gasteiger partial charge in [0.15, 0.2) is 5.69 Å². The van der Waals surface area contributed by atoms with Gasteiger partial charge in [0.25, 0.3) is 5.91 Å². The summed E-state index contributed by atoms with van der Waals surface area (Å²) in [6.45, 7) is 2.86. The molecule has 110 valence electrons. The molecule has 21 heavy (non-hydrogen) atoms. The smallest absolute Gasteiger partial charge is 0.275 e. The van der Waals surface area contributed by atoms with Crippen molar-refractivity contribution in [3.05, 3.63) is 47.5 Å². The van der Waals surface area contributed by atoms with E-state index in [0.29, 0.717) is 5.69 Å². The van der Waals surface area contributed by atoms with Gasteiger partial charge in [0, 0.05) is 19.8 Å². The second-order valence-electron chi connectivity index (χ2n) is 5.16. The molecular weight excluding hydrogens is 271 g/mol. The molecule has 1 atom stereocenters. The van der Waals surface area contributed by atoms with Crippen molar-refractivity contribution in [2.24, 2.45) is 7.05 Å². The highest BCUT2D eigenvalue weighted by molar-refractivity contribution is 6.00. The number of halogens is 1. The molecule has 5 nitrogen and oxygen atoms in total. The van der Waals surface area contributed by atoms with E-state index in [-0.39, 0.29) is 17.9 Å². The average Bonchev–Trinajstić information content (AvgIpc) is 2.85. The van der Waals surface area contributed by atoms with Gasteiger partial charge in [0.2, 0.25) is 0 Å². The zero-order valence-electron chi connectivity index (χ0n) is 12.0. The van der Waals surface area contributed by atoms with Gasteiger partial charge in [0.1, 0.15) is 12.0 Å². The van der Waals surface area contributed by atoms with Crippen molar-refractivity contribution in [1.29, 1.82) is 0 Å². The molecule has 1 aliphatic rings. The summed E-state index contributed by atoms with van der Waals surface area (Å²) in [7, 11) is 1.79. The number of aromatic nitrogens is 2. The van der Waals surface area contributed by atoms with Crippen molar-refractivity contribution in [1.82, 2.24) is 15.1 Å². The number of aryl methyl sites for hydroxylation is 1. The number of carbonyl (C=O) groups is 1. The van der Waals surface area contributed by atoms with Crippen LogP contribution in [-0.4, -0.2) is 22.2 Å². The zero-order chi connectivity index (χ0) is 15.0. The Balaban J connectivity index is 2.04. The van der Waals surface area contributed by atoms with Gasteiger partial charge in [-0.05, 0) is 24.1 Å². The van der Waals surface area contributed by atoms with E-state index in [2.05, 4.69) is 22.2 Å². The number of carbonyl (C=O) groups excluding carboxylic acids is 1. The highest BCUT2D eigenvalue weighted by Crippen LogP contribution is 2.32. The fraction of sp³-hybridized carbons (Fsp3) is 0.333. The third-order valence-corrected chi connectivity index (χ3v) is 3.56. The summed E-state index contributed by atoms with van der Waals surface area (Å²) in [4.78, 5) is 14.3. The second kappa shape index (κ2) is 5.20. The van der Waals surface area contributed by atoms with E-state index in [1.165, 1.54) is 12.1 Å². The fourth-order valence-corrected chi connectivity index (χ4v) is 2.66. The quantitative estimate of drug-likeness (QED) is 0.942. The molecule has 1 amide bonds. The topological polar surface area (TPSA) is 50.2 Å². The average molecular weight is 288 g/mol. The molecule has 2 aromatic rings.